The summed E-state index contributed by atoms with van der Waals surface area (Å²) in [4.78, 5) is 34.7. The van der Waals surface area contributed by atoms with E-state index in [1.54, 1.807) is 19.1 Å². The van der Waals surface area contributed by atoms with Crippen LogP contribution in [-0.2, 0) is 16.0 Å². The standard InChI is InChI=1S/C21H31N3O4/c1-15(20(26)27)14-16-9-11-18(12-10-16)23-19(25)8-5-13-22-21(28)24-17-6-3-2-4-7-17/h9-12,15,17H,2-8,13-14H2,1H3,(H,23,25)(H,26,27)(H2,22,24,28). The summed E-state index contributed by atoms with van der Waals surface area (Å²) in [6.45, 7) is 2.12. The van der Waals surface area contributed by atoms with E-state index in [2.05, 4.69) is 16.0 Å². The van der Waals surface area contributed by atoms with Gasteiger partial charge >= 0.3 is 12.0 Å². The van der Waals surface area contributed by atoms with Crippen molar-refractivity contribution in [1.82, 2.24) is 10.6 Å². The Hall–Kier alpha value is -2.57. The lowest BCUT2D eigenvalue weighted by molar-refractivity contribution is -0.141. The van der Waals surface area contributed by atoms with Crippen LogP contribution in [0.3, 0.4) is 0 Å². The Bertz CT molecular complexity index is 654. The van der Waals surface area contributed by atoms with Crippen LogP contribution in [0.25, 0.3) is 0 Å². The van der Waals surface area contributed by atoms with Crippen LogP contribution in [0.15, 0.2) is 24.3 Å². The topological polar surface area (TPSA) is 108 Å². The number of aliphatic carboxylic acids is 1. The van der Waals surface area contributed by atoms with E-state index in [1.807, 2.05) is 12.1 Å². The Morgan fingerprint density at radius 3 is 2.43 bits per heavy atom. The molecule has 1 atom stereocenters. The Kier molecular flexibility index (Phi) is 8.78. The van der Waals surface area contributed by atoms with Crippen LogP contribution in [-0.4, -0.2) is 35.6 Å². The third-order valence-electron chi connectivity index (χ3n) is 5.01. The van der Waals surface area contributed by atoms with Gasteiger partial charge in [0.05, 0.1) is 5.92 Å². The van der Waals surface area contributed by atoms with Gasteiger partial charge in [-0.25, -0.2) is 4.79 Å². The van der Waals surface area contributed by atoms with Gasteiger partial charge in [-0.2, -0.15) is 0 Å². The van der Waals surface area contributed by atoms with Crippen LogP contribution in [0.5, 0.6) is 0 Å². The van der Waals surface area contributed by atoms with Gasteiger partial charge in [0.25, 0.3) is 0 Å². The Morgan fingerprint density at radius 1 is 1.11 bits per heavy atom. The van der Waals surface area contributed by atoms with E-state index in [9.17, 15) is 14.4 Å². The summed E-state index contributed by atoms with van der Waals surface area (Å²) in [6.07, 6.45) is 7.03. The van der Waals surface area contributed by atoms with Crippen LogP contribution < -0.4 is 16.0 Å². The summed E-state index contributed by atoms with van der Waals surface area (Å²) >= 11 is 0. The number of hydrogen-bond donors (Lipinski definition) is 4. The van der Waals surface area contributed by atoms with Gasteiger partial charge in [0.1, 0.15) is 0 Å². The molecule has 0 radical (unpaired) electrons. The highest BCUT2D eigenvalue weighted by Gasteiger charge is 2.15. The van der Waals surface area contributed by atoms with E-state index in [0.717, 1.165) is 18.4 Å². The van der Waals surface area contributed by atoms with Crippen LogP contribution in [0, 0.1) is 5.92 Å². The molecule has 1 fully saturated rings. The maximum atomic E-state index is 12.0. The van der Waals surface area contributed by atoms with Crippen LogP contribution in [0.4, 0.5) is 10.5 Å². The maximum Gasteiger partial charge on any atom is 0.315 e. The first-order valence-electron chi connectivity index (χ1n) is 10.1. The van der Waals surface area contributed by atoms with Crippen molar-refractivity contribution in [3.05, 3.63) is 29.8 Å². The smallest absolute Gasteiger partial charge is 0.315 e. The second kappa shape index (κ2) is 11.3. The number of hydrogen-bond acceptors (Lipinski definition) is 3. The molecule has 1 aliphatic rings. The fraction of sp³-hybridized carbons (Fsp3) is 0.571. The van der Waals surface area contributed by atoms with Gasteiger partial charge in [-0.15, -0.1) is 0 Å². The molecule has 0 heterocycles. The molecule has 7 heteroatoms. The van der Waals surface area contributed by atoms with Crippen molar-refractivity contribution < 1.29 is 19.5 Å². The minimum Gasteiger partial charge on any atom is -0.481 e. The second-order valence-corrected chi connectivity index (χ2v) is 7.53. The molecule has 154 valence electrons. The number of carboxylic acid groups (broad SMARTS) is 1. The predicted octanol–water partition coefficient (Wildman–Crippen LogP) is 3.30. The summed E-state index contributed by atoms with van der Waals surface area (Å²) in [7, 11) is 0. The average Bonchev–Trinajstić information content (AvgIpc) is 2.67. The van der Waals surface area contributed by atoms with Crippen LogP contribution >= 0.6 is 0 Å². The summed E-state index contributed by atoms with van der Waals surface area (Å²) in [5.74, 6) is -1.37. The first kappa shape index (κ1) is 21.7. The summed E-state index contributed by atoms with van der Waals surface area (Å²) < 4.78 is 0. The fourth-order valence-electron chi connectivity index (χ4n) is 3.32. The highest BCUT2D eigenvalue weighted by molar-refractivity contribution is 5.90. The van der Waals surface area contributed by atoms with Gasteiger partial charge < -0.3 is 21.1 Å². The van der Waals surface area contributed by atoms with Gasteiger partial charge in [-0.1, -0.05) is 38.3 Å². The molecule has 1 aromatic carbocycles. The van der Waals surface area contributed by atoms with Gasteiger partial charge in [-0.05, 0) is 43.4 Å². The first-order chi connectivity index (χ1) is 13.4. The van der Waals surface area contributed by atoms with Crippen LogP contribution in [0.2, 0.25) is 0 Å². The summed E-state index contributed by atoms with van der Waals surface area (Å²) in [5, 5.41) is 17.6. The largest absolute Gasteiger partial charge is 0.481 e. The van der Waals surface area contributed by atoms with Crippen molar-refractivity contribution in [2.45, 2.75) is 64.3 Å². The SMILES string of the molecule is CC(Cc1ccc(NC(=O)CCCNC(=O)NC2CCCCC2)cc1)C(=O)O. The molecular formula is C21H31N3O4. The third-order valence-corrected chi connectivity index (χ3v) is 5.01. The van der Waals surface area contributed by atoms with Crippen molar-refractivity contribution in [1.29, 1.82) is 0 Å². The minimum absolute atomic E-state index is 0.110. The number of carbonyl (C=O) groups excluding carboxylic acids is 2. The molecular weight excluding hydrogens is 358 g/mol. The van der Waals surface area contributed by atoms with Crippen molar-refractivity contribution in [3.63, 3.8) is 0 Å². The molecule has 0 saturated heterocycles. The zero-order valence-electron chi connectivity index (χ0n) is 16.5. The molecule has 1 aliphatic carbocycles. The summed E-state index contributed by atoms with van der Waals surface area (Å²) in [6, 6.07) is 7.32. The maximum absolute atomic E-state index is 12.0. The van der Waals surface area contributed by atoms with E-state index >= 15 is 0 Å². The fourth-order valence-corrected chi connectivity index (χ4v) is 3.32. The quantitative estimate of drug-likeness (QED) is 0.486. The van der Waals surface area contributed by atoms with Crippen molar-refractivity contribution in [3.8, 4) is 0 Å². The number of urea groups is 1. The predicted molar refractivity (Wildman–Crippen MR) is 108 cm³/mol. The first-order valence-corrected chi connectivity index (χ1v) is 10.1. The molecule has 28 heavy (non-hydrogen) atoms. The van der Waals surface area contributed by atoms with E-state index < -0.39 is 11.9 Å². The van der Waals surface area contributed by atoms with E-state index in [-0.39, 0.29) is 18.0 Å². The number of carboxylic acids is 1. The lowest BCUT2D eigenvalue weighted by atomic mass is 9.96. The molecule has 1 saturated carbocycles. The lowest BCUT2D eigenvalue weighted by Gasteiger charge is -2.22. The molecule has 0 aromatic heterocycles. The van der Waals surface area contributed by atoms with Crippen molar-refractivity contribution in [2.24, 2.45) is 5.92 Å². The Morgan fingerprint density at radius 2 is 1.79 bits per heavy atom. The van der Waals surface area contributed by atoms with Gasteiger partial charge in [0.15, 0.2) is 0 Å². The number of rotatable bonds is 9. The number of anilines is 1. The minimum atomic E-state index is -0.821. The number of benzene rings is 1. The molecule has 4 N–H and O–H groups in total. The number of nitrogens with one attached hydrogen (secondary N) is 3. The van der Waals surface area contributed by atoms with Gasteiger partial charge in [0.2, 0.25) is 5.91 Å². The third kappa shape index (κ3) is 7.98. The molecule has 1 aromatic rings. The normalized spacial score (nSPS) is 15.5. The number of amides is 3. The molecule has 1 unspecified atom stereocenters. The highest BCUT2D eigenvalue weighted by atomic mass is 16.4. The average molecular weight is 389 g/mol. The van der Waals surface area contributed by atoms with E-state index in [0.29, 0.717) is 31.5 Å². The van der Waals surface area contributed by atoms with Crippen LogP contribution in [0.1, 0.15) is 57.4 Å². The Balaban J connectivity index is 1.61. The Labute approximate surface area is 166 Å². The lowest BCUT2D eigenvalue weighted by Crippen LogP contribution is -2.43. The van der Waals surface area contributed by atoms with Gasteiger partial charge in [-0.3, -0.25) is 9.59 Å². The second-order valence-electron chi connectivity index (χ2n) is 7.53. The highest BCUT2D eigenvalue weighted by Crippen LogP contribution is 2.17. The monoisotopic (exact) mass is 389 g/mol. The molecule has 7 nitrogen and oxygen atoms in total. The van der Waals surface area contributed by atoms with Crippen molar-refractivity contribution in [2.75, 3.05) is 11.9 Å². The summed E-state index contributed by atoms with van der Waals surface area (Å²) in [5.41, 5.74) is 1.60. The molecule has 0 bridgehead atoms. The zero-order chi connectivity index (χ0) is 20.4. The molecule has 0 aliphatic heterocycles. The molecule has 3 amide bonds. The van der Waals surface area contributed by atoms with E-state index in [4.69, 9.17) is 5.11 Å². The zero-order valence-corrected chi connectivity index (χ0v) is 16.5. The number of carbonyl (C=O) groups is 3. The molecule has 0 spiro atoms. The van der Waals surface area contributed by atoms with Gasteiger partial charge in [0, 0.05) is 24.7 Å². The molecule has 2 rings (SSSR count). The van der Waals surface area contributed by atoms with E-state index in [1.165, 1.54) is 19.3 Å². The van der Waals surface area contributed by atoms with Crippen molar-refractivity contribution >= 4 is 23.6 Å².